The molecule has 128 valence electrons. The summed E-state index contributed by atoms with van der Waals surface area (Å²) in [5, 5.41) is 11.7. The molecular formula is C11H18F3N3O4S. The summed E-state index contributed by atoms with van der Waals surface area (Å²) < 4.78 is 61.0. The van der Waals surface area contributed by atoms with Crippen molar-refractivity contribution in [1.29, 1.82) is 0 Å². The van der Waals surface area contributed by atoms with Gasteiger partial charge >= 0.3 is 5.51 Å². The second-order valence-electron chi connectivity index (χ2n) is 4.52. The Hall–Kier alpha value is -1.62. The molecule has 0 aliphatic rings. The minimum atomic E-state index is -6.09. The highest BCUT2D eigenvalue weighted by Crippen LogP contribution is 2.20. The lowest BCUT2D eigenvalue weighted by Crippen LogP contribution is -2.37. The molecule has 2 N–H and O–H groups in total. The van der Waals surface area contributed by atoms with Crippen LogP contribution in [0.4, 0.5) is 13.2 Å². The fourth-order valence-corrected chi connectivity index (χ4v) is 1.44. The fourth-order valence-electron chi connectivity index (χ4n) is 1.44. The first kappa shape index (κ1) is 20.4. The van der Waals surface area contributed by atoms with Gasteiger partial charge in [0.1, 0.15) is 12.4 Å². The fraction of sp³-hybridized carbons (Fsp3) is 0.636. The van der Waals surface area contributed by atoms with Crippen LogP contribution in [0.15, 0.2) is 23.9 Å². The third-order valence-corrected chi connectivity index (χ3v) is 3.51. The maximum Gasteiger partial charge on any atom is 0.485 e. The average molecular weight is 345 g/mol. The molecular weight excluding hydrogens is 327 g/mol. The molecule has 0 saturated heterocycles. The van der Waals surface area contributed by atoms with E-state index in [0.29, 0.717) is 5.92 Å². The largest absolute Gasteiger partial charge is 0.741 e. The van der Waals surface area contributed by atoms with E-state index in [4.69, 9.17) is 18.2 Å². The van der Waals surface area contributed by atoms with Crippen molar-refractivity contribution < 1.29 is 35.9 Å². The first-order valence-corrected chi connectivity index (χ1v) is 7.65. The van der Waals surface area contributed by atoms with Gasteiger partial charge in [0, 0.05) is 5.92 Å². The Balaban J connectivity index is 0.000000472. The second-order valence-corrected chi connectivity index (χ2v) is 5.89. The number of hydrogen-bond acceptors (Lipinski definition) is 5. The predicted octanol–water partition coefficient (Wildman–Crippen LogP) is 1.48. The van der Waals surface area contributed by atoms with Gasteiger partial charge in [0.2, 0.25) is 6.33 Å². The number of nitrogens with zero attached hydrogens (tertiary/aromatic N) is 2. The van der Waals surface area contributed by atoms with E-state index < -0.39 is 15.6 Å². The lowest BCUT2D eigenvalue weighted by Gasteiger charge is -2.15. The summed E-state index contributed by atoms with van der Waals surface area (Å²) in [6.45, 7) is 5.16. The Kier molecular flexibility index (Phi) is 8.09. The molecule has 22 heavy (non-hydrogen) atoms. The van der Waals surface area contributed by atoms with Gasteiger partial charge in [0.05, 0.1) is 12.8 Å². The predicted molar refractivity (Wildman–Crippen MR) is 70.0 cm³/mol. The standard InChI is InChI=1S/C10H17N3O.CHF3O3S/c1-3-9(2)10(6-12-14)7-13-5-4-11-8-13;2-1(3,4)8(5,6)7/h4-6,8-10,14H,3,7H2,1-2H3;(H,5,6,7). The van der Waals surface area contributed by atoms with Crippen molar-refractivity contribution in [3.8, 4) is 0 Å². The summed E-state index contributed by atoms with van der Waals surface area (Å²) in [6, 6.07) is 0. The maximum absolute atomic E-state index is 10.7. The molecule has 0 radical (unpaired) electrons. The van der Waals surface area contributed by atoms with Crippen LogP contribution in [0.1, 0.15) is 20.3 Å². The Morgan fingerprint density at radius 1 is 1.50 bits per heavy atom. The number of oxime groups is 1. The molecule has 1 aromatic heterocycles. The molecule has 0 aliphatic heterocycles. The summed E-state index contributed by atoms with van der Waals surface area (Å²) in [5.41, 5.74) is -5.65. The number of aromatic amines is 1. The van der Waals surface area contributed by atoms with E-state index >= 15 is 0 Å². The number of alkyl halides is 3. The van der Waals surface area contributed by atoms with Crippen LogP contribution in [-0.4, -0.2) is 34.9 Å². The zero-order valence-electron chi connectivity index (χ0n) is 12.0. The van der Waals surface area contributed by atoms with Crippen molar-refractivity contribution in [2.24, 2.45) is 17.0 Å². The van der Waals surface area contributed by atoms with Crippen molar-refractivity contribution in [1.82, 2.24) is 4.98 Å². The Morgan fingerprint density at radius 2 is 2.05 bits per heavy atom. The summed E-state index contributed by atoms with van der Waals surface area (Å²) in [4.78, 5) is 2.99. The zero-order valence-corrected chi connectivity index (χ0v) is 12.8. The van der Waals surface area contributed by atoms with Crippen LogP contribution in [0, 0.1) is 11.8 Å². The van der Waals surface area contributed by atoms with Crippen LogP contribution < -0.4 is 4.57 Å². The summed E-state index contributed by atoms with van der Waals surface area (Å²) in [6.07, 6.45) is 8.46. The third-order valence-electron chi connectivity index (χ3n) is 2.94. The van der Waals surface area contributed by atoms with Crippen LogP contribution in [0.5, 0.6) is 0 Å². The Labute approximate surface area is 126 Å². The molecule has 2 atom stereocenters. The SMILES string of the molecule is CCC(C)C(C=NO)C[n+]1cc[nH]c1.O=S(=O)([O-])C(F)(F)F. The first-order valence-electron chi connectivity index (χ1n) is 6.24. The number of rotatable bonds is 5. The highest BCUT2D eigenvalue weighted by Gasteiger charge is 2.36. The van der Waals surface area contributed by atoms with Gasteiger partial charge in [0.15, 0.2) is 10.1 Å². The quantitative estimate of drug-likeness (QED) is 0.210. The van der Waals surface area contributed by atoms with Gasteiger partial charge < -0.3 is 9.76 Å². The molecule has 0 fully saturated rings. The highest BCUT2D eigenvalue weighted by molar-refractivity contribution is 7.86. The molecule has 0 saturated carbocycles. The van der Waals surface area contributed by atoms with Crippen LogP contribution in [0.2, 0.25) is 0 Å². The maximum atomic E-state index is 10.7. The van der Waals surface area contributed by atoms with Crippen LogP contribution in [-0.2, 0) is 16.7 Å². The number of aromatic nitrogens is 2. The van der Waals surface area contributed by atoms with E-state index in [1.54, 1.807) is 6.21 Å². The normalized spacial score (nSPS) is 15.2. The Bertz CT molecular complexity index is 543. The summed E-state index contributed by atoms with van der Waals surface area (Å²) >= 11 is 0. The number of H-pyrrole nitrogens is 1. The molecule has 1 rings (SSSR count). The van der Waals surface area contributed by atoms with Gasteiger partial charge in [0.25, 0.3) is 0 Å². The minimum absolute atomic E-state index is 0.283. The number of halogens is 3. The van der Waals surface area contributed by atoms with Gasteiger partial charge in [-0.1, -0.05) is 20.3 Å². The van der Waals surface area contributed by atoms with E-state index in [0.717, 1.165) is 13.0 Å². The van der Waals surface area contributed by atoms with E-state index in [2.05, 4.69) is 28.6 Å². The van der Waals surface area contributed by atoms with Gasteiger partial charge in [-0.3, -0.25) is 4.98 Å². The molecule has 0 amide bonds. The molecule has 11 heteroatoms. The van der Waals surface area contributed by atoms with Gasteiger partial charge in [-0.05, 0) is 5.92 Å². The number of imidazole rings is 1. The van der Waals surface area contributed by atoms with Crippen LogP contribution >= 0.6 is 0 Å². The number of nitrogens with one attached hydrogen (secondary N) is 1. The van der Waals surface area contributed by atoms with Gasteiger partial charge in [-0.2, -0.15) is 13.2 Å². The average Bonchev–Trinajstić information content (AvgIpc) is 2.88. The third kappa shape index (κ3) is 7.41. The molecule has 2 unspecified atom stereocenters. The minimum Gasteiger partial charge on any atom is -0.741 e. The lowest BCUT2D eigenvalue weighted by molar-refractivity contribution is -0.700. The van der Waals surface area contributed by atoms with E-state index in [9.17, 15) is 13.2 Å². The zero-order chi connectivity index (χ0) is 17.4. The molecule has 0 bridgehead atoms. The van der Waals surface area contributed by atoms with Crippen LogP contribution in [0.25, 0.3) is 0 Å². The molecule has 0 aliphatic carbocycles. The van der Waals surface area contributed by atoms with Crippen molar-refractivity contribution in [3.63, 3.8) is 0 Å². The topological polar surface area (TPSA) is 109 Å². The number of hydrogen-bond donors (Lipinski definition) is 2. The highest BCUT2D eigenvalue weighted by atomic mass is 32.2. The molecule has 1 heterocycles. The van der Waals surface area contributed by atoms with Crippen molar-refractivity contribution in [3.05, 3.63) is 18.7 Å². The van der Waals surface area contributed by atoms with Gasteiger partial charge in [-0.15, -0.1) is 5.16 Å². The van der Waals surface area contributed by atoms with Crippen molar-refractivity contribution >= 4 is 16.3 Å². The molecule has 7 nitrogen and oxygen atoms in total. The molecule has 0 spiro atoms. The summed E-state index contributed by atoms with van der Waals surface area (Å²) in [5.74, 6) is 0.805. The van der Waals surface area contributed by atoms with Gasteiger partial charge in [-0.25, -0.2) is 13.0 Å². The lowest BCUT2D eigenvalue weighted by atomic mass is 9.93. The molecule has 1 aromatic rings. The van der Waals surface area contributed by atoms with E-state index in [1.165, 1.54) is 0 Å². The van der Waals surface area contributed by atoms with Crippen LogP contribution in [0.3, 0.4) is 0 Å². The summed E-state index contributed by atoms with van der Waals surface area (Å²) in [7, 11) is -6.09. The van der Waals surface area contributed by atoms with Crippen molar-refractivity contribution in [2.75, 3.05) is 0 Å². The second kappa shape index (κ2) is 8.73. The van der Waals surface area contributed by atoms with E-state index in [-0.39, 0.29) is 5.92 Å². The first-order chi connectivity index (χ1) is 10.0. The molecule has 0 aromatic carbocycles. The van der Waals surface area contributed by atoms with E-state index in [1.807, 2.05) is 18.7 Å². The Morgan fingerprint density at radius 3 is 2.36 bits per heavy atom. The monoisotopic (exact) mass is 345 g/mol. The van der Waals surface area contributed by atoms with Crippen molar-refractivity contribution in [2.45, 2.75) is 32.3 Å². The smallest absolute Gasteiger partial charge is 0.485 e.